The smallest absolute Gasteiger partial charge is 0.234 e. The average Bonchev–Trinajstić information content (AvgIpc) is 2.46. The van der Waals surface area contributed by atoms with E-state index in [1.54, 1.807) is 19.1 Å². The number of ether oxygens (including phenoxy) is 1. The molecule has 0 radical (unpaired) electrons. The molecular formula is C15H20FN3O2. The monoisotopic (exact) mass is 293 g/mol. The van der Waals surface area contributed by atoms with Gasteiger partial charge in [-0.15, -0.1) is 0 Å². The lowest BCUT2D eigenvalue weighted by Gasteiger charge is -2.17. The molecule has 1 aromatic carbocycles. The Balaban J connectivity index is 2.44. The van der Waals surface area contributed by atoms with Gasteiger partial charge in [-0.2, -0.15) is 5.26 Å². The summed E-state index contributed by atoms with van der Waals surface area (Å²) in [6.07, 6.45) is 0.755. The maximum Gasteiger partial charge on any atom is 0.234 e. The van der Waals surface area contributed by atoms with Crippen molar-refractivity contribution >= 4 is 5.91 Å². The minimum absolute atomic E-state index is 0.120. The molecule has 21 heavy (non-hydrogen) atoms. The molecule has 0 aromatic heterocycles. The van der Waals surface area contributed by atoms with E-state index in [4.69, 9.17) is 10.00 Å². The Labute approximate surface area is 124 Å². The number of hydrogen-bond acceptors (Lipinski definition) is 4. The first-order valence-electron chi connectivity index (χ1n) is 6.69. The maximum absolute atomic E-state index is 13.6. The number of carbonyl (C=O) groups excluding carboxylic acids is 1. The van der Waals surface area contributed by atoms with Gasteiger partial charge in [0.25, 0.3) is 0 Å². The van der Waals surface area contributed by atoms with Crippen LogP contribution < -0.4 is 5.32 Å². The van der Waals surface area contributed by atoms with Gasteiger partial charge in [0.05, 0.1) is 18.2 Å². The van der Waals surface area contributed by atoms with Crippen molar-refractivity contribution < 1.29 is 13.9 Å². The zero-order valence-electron chi connectivity index (χ0n) is 12.4. The highest BCUT2D eigenvalue weighted by molar-refractivity contribution is 5.77. The highest BCUT2D eigenvalue weighted by Crippen LogP contribution is 2.12. The van der Waals surface area contributed by atoms with Crippen molar-refractivity contribution in [1.29, 1.82) is 5.26 Å². The number of amides is 1. The number of halogens is 1. The van der Waals surface area contributed by atoms with Crippen LogP contribution in [0.3, 0.4) is 0 Å². The fourth-order valence-corrected chi connectivity index (χ4v) is 1.86. The van der Waals surface area contributed by atoms with Crippen LogP contribution in [0.5, 0.6) is 0 Å². The molecule has 0 aliphatic heterocycles. The molecule has 0 saturated heterocycles. The standard InChI is InChI=1S/C15H20FN3O2/c1-19(11-15(20)18-6-3-7-21-2)10-13-8-12(9-17)4-5-14(13)16/h4-5,8H,3,6-7,10-11H2,1-2H3,(H,18,20). The Morgan fingerprint density at radius 3 is 2.95 bits per heavy atom. The molecule has 0 spiro atoms. The van der Waals surface area contributed by atoms with Crippen LogP contribution in [-0.2, 0) is 16.1 Å². The molecule has 0 aliphatic carbocycles. The molecule has 0 heterocycles. The molecule has 0 bridgehead atoms. The van der Waals surface area contributed by atoms with Gasteiger partial charge in [0.1, 0.15) is 5.82 Å². The lowest BCUT2D eigenvalue weighted by molar-refractivity contribution is -0.122. The van der Waals surface area contributed by atoms with E-state index < -0.39 is 0 Å². The third kappa shape index (κ3) is 6.34. The Kier molecular flexibility index (Phi) is 7.37. The predicted octanol–water partition coefficient (Wildman–Crippen LogP) is 1.28. The van der Waals surface area contributed by atoms with Crippen LogP contribution in [0.15, 0.2) is 18.2 Å². The number of nitrogens with zero attached hydrogens (tertiary/aromatic N) is 2. The Morgan fingerprint density at radius 1 is 1.52 bits per heavy atom. The first-order valence-corrected chi connectivity index (χ1v) is 6.69. The van der Waals surface area contributed by atoms with Crippen molar-refractivity contribution in [3.8, 4) is 6.07 Å². The molecule has 1 N–H and O–H groups in total. The molecule has 0 aliphatic rings. The molecule has 0 unspecified atom stereocenters. The first-order chi connectivity index (χ1) is 10.1. The van der Waals surface area contributed by atoms with Crippen molar-refractivity contribution in [2.75, 3.05) is 33.9 Å². The van der Waals surface area contributed by atoms with Crippen LogP contribution in [0.2, 0.25) is 0 Å². The van der Waals surface area contributed by atoms with Crippen molar-refractivity contribution in [3.63, 3.8) is 0 Å². The number of rotatable bonds is 8. The predicted molar refractivity (Wildman–Crippen MR) is 77.0 cm³/mol. The second-order valence-corrected chi connectivity index (χ2v) is 4.79. The van der Waals surface area contributed by atoms with E-state index in [9.17, 15) is 9.18 Å². The number of nitrogens with one attached hydrogen (secondary N) is 1. The molecule has 6 heteroatoms. The van der Waals surface area contributed by atoms with Gasteiger partial charge in [0, 0.05) is 32.4 Å². The molecule has 0 saturated carbocycles. The number of methoxy groups -OCH3 is 1. The third-order valence-electron chi connectivity index (χ3n) is 2.88. The van der Waals surface area contributed by atoms with E-state index >= 15 is 0 Å². The Hall–Kier alpha value is -1.97. The summed E-state index contributed by atoms with van der Waals surface area (Å²) in [5.74, 6) is -0.494. The lowest BCUT2D eigenvalue weighted by atomic mass is 10.1. The average molecular weight is 293 g/mol. The molecule has 1 aromatic rings. The topological polar surface area (TPSA) is 65.4 Å². The second kappa shape index (κ2) is 9.06. The Morgan fingerprint density at radius 2 is 2.29 bits per heavy atom. The first kappa shape index (κ1) is 17.1. The molecular weight excluding hydrogens is 273 g/mol. The fourth-order valence-electron chi connectivity index (χ4n) is 1.86. The van der Waals surface area contributed by atoms with Crippen molar-refractivity contribution in [2.45, 2.75) is 13.0 Å². The Bertz CT molecular complexity index is 514. The van der Waals surface area contributed by atoms with Gasteiger partial charge >= 0.3 is 0 Å². The van der Waals surface area contributed by atoms with Gasteiger partial charge in [-0.1, -0.05) is 0 Å². The van der Waals surface area contributed by atoms with Gasteiger partial charge in [-0.3, -0.25) is 9.69 Å². The number of likely N-dealkylation sites (N-methyl/N-ethyl adjacent to an activating group) is 1. The summed E-state index contributed by atoms with van der Waals surface area (Å²) in [6, 6.07) is 6.18. The summed E-state index contributed by atoms with van der Waals surface area (Å²) in [6.45, 7) is 1.59. The summed E-state index contributed by atoms with van der Waals surface area (Å²) in [4.78, 5) is 13.4. The molecule has 1 amide bonds. The van der Waals surface area contributed by atoms with Crippen LogP contribution in [0.4, 0.5) is 4.39 Å². The highest BCUT2D eigenvalue weighted by Gasteiger charge is 2.10. The van der Waals surface area contributed by atoms with E-state index in [2.05, 4.69) is 5.32 Å². The van der Waals surface area contributed by atoms with Crippen molar-refractivity contribution in [2.24, 2.45) is 0 Å². The van der Waals surface area contributed by atoms with Crippen molar-refractivity contribution in [3.05, 3.63) is 35.1 Å². The second-order valence-electron chi connectivity index (χ2n) is 4.79. The largest absolute Gasteiger partial charge is 0.385 e. The molecule has 0 fully saturated rings. The number of carbonyl (C=O) groups is 1. The lowest BCUT2D eigenvalue weighted by Crippen LogP contribution is -2.35. The number of nitriles is 1. The van der Waals surface area contributed by atoms with E-state index in [0.717, 1.165) is 6.42 Å². The molecule has 0 atom stereocenters. The van der Waals surface area contributed by atoms with Crippen LogP contribution >= 0.6 is 0 Å². The van der Waals surface area contributed by atoms with E-state index in [1.807, 2.05) is 6.07 Å². The fraction of sp³-hybridized carbons (Fsp3) is 0.467. The van der Waals surface area contributed by atoms with Gasteiger partial charge in [-0.05, 0) is 31.7 Å². The van der Waals surface area contributed by atoms with Crippen molar-refractivity contribution in [1.82, 2.24) is 10.2 Å². The summed E-state index contributed by atoms with van der Waals surface area (Å²) >= 11 is 0. The molecule has 5 nitrogen and oxygen atoms in total. The normalized spacial score (nSPS) is 10.4. The third-order valence-corrected chi connectivity index (χ3v) is 2.88. The molecule has 114 valence electrons. The van der Waals surface area contributed by atoms with Gasteiger partial charge in [-0.25, -0.2) is 4.39 Å². The van der Waals surface area contributed by atoms with Gasteiger partial charge in [0.15, 0.2) is 0 Å². The molecule has 1 rings (SSSR count). The van der Waals surface area contributed by atoms with E-state index in [0.29, 0.717) is 24.3 Å². The van der Waals surface area contributed by atoms with Crippen LogP contribution in [0, 0.1) is 17.1 Å². The summed E-state index contributed by atoms with van der Waals surface area (Å²) in [5.41, 5.74) is 0.813. The SMILES string of the molecule is COCCCNC(=O)CN(C)Cc1cc(C#N)ccc1F. The van der Waals surface area contributed by atoms with E-state index in [-0.39, 0.29) is 24.8 Å². The van der Waals surface area contributed by atoms with Gasteiger partial charge in [0.2, 0.25) is 5.91 Å². The number of hydrogen-bond donors (Lipinski definition) is 1. The quantitative estimate of drug-likeness (QED) is 0.733. The number of benzene rings is 1. The van der Waals surface area contributed by atoms with Crippen LogP contribution in [0.25, 0.3) is 0 Å². The minimum Gasteiger partial charge on any atom is -0.385 e. The highest BCUT2D eigenvalue weighted by atomic mass is 19.1. The maximum atomic E-state index is 13.6. The summed E-state index contributed by atoms with van der Waals surface area (Å²) < 4.78 is 18.5. The zero-order chi connectivity index (χ0) is 15.7. The minimum atomic E-state index is -0.374. The zero-order valence-corrected chi connectivity index (χ0v) is 12.4. The van der Waals surface area contributed by atoms with Crippen LogP contribution in [0.1, 0.15) is 17.5 Å². The van der Waals surface area contributed by atoms with Gasteiger partial charge < -0.3 is 10.1 Å². The summed E-state index contributed by atoms with van der Waals surface area (Å²) in [7, 11) is 3.34. The van der Waals surface area contributed by atoms with E-state index in [1.165, 1.54) is 18.2 Å². The van der Waals surface area contributed by atoms with Crippen LogP contribution in [-0.4, -0.2) is 44.7 Å². The summed E-state index contributed by atoms with van der Waals surface area (Å²) in [5, 5.41) is 11.6.